The summed E-state index contributed by atoms with van der Waals surface area (Å²) in [4.78, 5) is 11.3. The zero-order valence-corrected chi connectivity index (χ0v) is 18.0. The van der Waals surface area contributed by atoms with Crippen LogP contribution in [0.25, 0.3) is 16.6 Å². The molecule has 0 aliphatic rings. The number of hydrogen-bond acceptors (Lipinski definition) is 3. The topological polar surface area (TPSA) is 43.1 Å². The van der Waals surface area contributed by atoms with E-state index in [1.807, 2.05) is 78.9 Å². The second kappa shape index (κ2) is 10.7. The summed E-state index contributed by atoms with van der Waals surface area (Å²) in [6, 6.07) is 33.2. The predicted molar refractivity (Wildman–Crippen MR) is 113 cm³/mol. The Kier molecular flexibility index (Phi) is 7.68. The Morgan fingerprint density at radius 2 is 1.66 bits per heavy atom. The Bertz CT molecular complexity index is 995. The maximum atomic E-state index is 4.86. The van der Waals surface area contributed by atoms with E-state index in [-0.39, 0.29) is 21.1 Å². The summed E-state index contributed by atoms with van der Waals surface area (Å²) in [7, 11) is 0. The fourth-order valence-electron chi connectivity index (χ4n) is 2.93. The van der Waals surface area contributed by atoms with Crippen LogP contribution in [0.2, 0.25) is 0 Å². The van der Waals surface area contributed by atoms with Gasteiger partial charge in [-0.05, 0) is 36.0 Å². The van der Waals surface area contributed by atoms with E-state index < -0.39 is 0 Å². The molecule has 0 saturated heterocycles. The molecule has 2 aromatic heterocycles. The van der Waals surface area contributed by atoms with Gasteiger partial charge in [0.2, 0.25) is 0 Å². The average Bonchev–Trinajstić information content (AvgIpc) is 2.79. The summed E-state index contributed by atoms with van der Waals surface area (Å²) in [6.07, 6.45) is 1.79. The third-order valence-electron chi connectivity index (χ3n) is 4.31. The molecular formula is C24H20N4Pt. The largest absolute Gasteiger partial charge is 2.00 e. The van der Waals surface area contributed by atoms with Crippen LogP contribution < -0.4 is 4.90 Å². The number of nitrogens with zero attached hydrogens (tertiary/aromatic N) is 4. The first-order valence-electron chi connectivity index (χ1n) is 9.20. The van der Waals surface area contributed by atoms with Crippen LogP contribution in [0.5, 0.6) is 0 Å². The minimum Gasteiger partial charge on any atom is -0.640 e. The molecule has 0 radical (unpaired) electrons. The second-order valence-corrected chi connectivity index (χ2v) is 6.27. The van der Waals surface area contributed by atoms with Crippen molar-refractivity contribution in [3.8, 4) is 11.3 Å². The minimum atomic E-state index is 0. The van der Waals surface area contributed by atoms with E-state index in [1.54, 1.807) is 6.20 Å². The Labute approximate surface area is 185 Å². The molecule has 0 unspecified atom stereocenters. The van der Waals surface area contributed by atoms with Crippen LogP contribution in [0.3, 0.4) is 0 Å². The van der Waals surface area contributed by atoms with Gasteiger partial charge in [0.25, 0.3) is 0 Å². The van der Waals surface area contributed by atoms with Crippen molar-refractivity contribution >= 4 is 11.5 Å². The molecule has 0 N–H and O–H groups in total. The second-order valence-electron chi connectivity index (χ2n) is 6.27. The first-order chi connectivity index (χ1) is 13.9. The Morgan fingerprint density at radius 3 is 2.41 bits per heavy atom. The van der Waals surface area contributed by atoms with Crippen LogP contribution >= 0.6 is 0 Å². The standard InChI is InChI=1S/C24H20N4.Pt/c1-3-10-20(11-4-1)23-15-9-16-24(27-23)28(22-13-5-2-6-14-22)19-25-18-21-12-7-8-17-26-21;/h1-10,12-17H,18-19H2;/q-2;+2. The number of aromatic nitrogens is 2. The average molecular weight is 560 g/mol. The van der Waals surface area contributed by atoms with Crippen LogP contribution in [0, 0.1) is 6.07 Å². The molecule has 4 nitrogen and oxygen atoms in total. The van der Waals surface area contributed by atoms with Crippen molar-refractivity contribution in [3.63, 3.8) is 0 Å². The normalized spacial score (nSPS) is 10.2. The van der Waals surface area contributed by atoms with Crippen molar-refractivity contribution in [1.82, 2.24) is 9.97 Å². The third kappa shape index (κ3) is 5.60. The molecule has 0 saturated carbocycles. The number of rotatable bonds is 7. The van der Waals surface area contributed by atoms with Gasteiger partial charge in [0, 0.05) is 17.6 Å². The summed E-state index contributed by atoms with van der Waals surface area (Å²) >= 11 is 0. The fourth-order valence-corrected chi connectivity index (χ4v) is 2.93. The van der Waals surface area contributed by atoms with E-state index in [1.165, 1.54) is 0 Å². The van der Waals surface area contributed by atoms with Crippen molar-refractivity contribution in [3.05, 3.63) is 114 Å². The van der Waals surface area contributed by atoms with Gasteiger partial charge in [0.05, 0.1) is 0 Å². The zero-order chi connectivity index (χ0) is 19.0. The molecule has 29 heavy (non-hydrogen) atoms. The van der Waals surface area contributed by atoms with Crippen LogP contribution in [0.1, 0.15) is 5.69 Å². The van der Waals surface area contributed by atoms with E-state index in [4.69, 9.17) is 10.3 Å². The summed E-state index contributed by atoms with van der Waals surface area (Å²) in [5, 5.41) is 4.71. The molecule has 4 aromatic rings. The molecule has 2 heterocycles. The van der Waals surface area contributed by atoms with Gasteiger partial charge in [-0.15, -0.1) is 42.4 Å². The van der Waals surface area contributed by atoms with Crippen molar-refractivity contribution in [1.29, 1.82) is 0 Å². The monoisotopic (exact) mass is 559 g/mol. The van der Waals surface area contributed by atoms with Crippen molar-refractivity contribution in [2.75, 3.05) is 11.6 Å². The first-order valence-corrected chi connectivity index (χ1v) is 9.20. The third-order valence-corrected chi connectivity index (χ3v) is 4.31. The van der Waals surface area contributed by atoms with E-state index in [9.17, 15) is 0 Å². The van der Waals surface area contributed by atoms with E-state index in [0.29, 0.717) is 13.2 Å². The van der Waals surface area contributed by atoms with Gasteiger partial charge in [0.15, 0.2) is 0 Å². The summed E-state index contributed by atoms with van der Waals surface area (Å²) in [6.45, 7) is 1.06. The van der Waals surface area contributed by atoms with E-state index >= 15 is 0 Å². The summed E-state index contributed by atoms with van der Waals surface area (Å²) < 4.78 is 0. The molecule has 4 rings (SSSR count). The molecule has 0 bridgehead atoms. The molecule has 2 aromatic carbocycles. The molecule has 0 atom stereocenters. The Morgan fingerprint density at radius 1 is 0.828 bits per heavy atom. The van der Waals surface area contributed by atoms with Crippen LogP contribution in [0.15, 0.2) is 97.2 Å². The zero-order valence-electron chi connectivity index (χ0n) is 15.8. The minimum absolute atomic E-state index is 0. The molecule has 0 spiro atoms. The summed E-state index contributed by atoms with van der Waals surface area (Å²) in [5.74, 6) is 0.853. The number of para-hydroxylation sites is 1. The van der Waals surface area contributed by atoms with Gasteiger partial charge in [0.1, 0.15) is 5.82 Å². The molecule has 0 aliphatic heterocycles. The van der Waals surface area contributed by atoms with Crippen molar-refractivity contribution in [2.45, 2.75) is 6.54 Å². The SMILES string of the molecule is [Pt+2].[c-]1ccccc1-c1cccc(N(C[N-]Cc2ccccn2)c2ccccc2)n1. The van der Waals surface area contributed by atoms with Crippen molar-refractivity contribution < 1.29 is 21.1 Å². The Hall–Kier alpha value is -2.81. The van der Waals surface area contributed by atoms with Crippen LogP contribution in [-0.4, -0.2) is 16.6 Å². The molecule has 5 heteroatoms. The number of hydrogen-bond donors (Lipinski definition) is 0. The van der Waals surface area contributed by atoms with Gasteiger partial charge in [-0.1, -0.05) is 43.1 Å². The smallest absolute Gasteiger partial charge is 0.640 e. The van der Waals surface area contributed by atoms with Gasteiger partial charge in [-0.3, -0.25) is 9.97 Å². The number of pyridine rings is 2. The fraction of sp³-hybridized carbons (Fsp3) is 0.0833. The molecular weight excluding hydrogens is 539 g/mol. The van der Waals surface area contributed by atoms with Gasteiger partial charge in [-0.2, -0.15) is 0 Å². The van der Waals surface area contributed by atoms with Gasteiger partial charge < -0.3 is 10.2 Å². The van der Waals surface area contributed by atoms with E-state index in [2.05, 4.69) is 28.1 Å². The number of benzene rings is 2. The van der Waals surface area contributed by atoms with Crippen LogP contribution in [0.4, 0.5) is 11.5 Å². The summed E-state index contributed by atoms with van der Waals surface area (Å²) in [5.41, 5.74) is 3.87. The Balaban J connectivity index is 0.00000240. The van der Waals surface area contributed by atoms with Crippen molar-refractivity contribution in [2.24, 2.45) is 0 Å². The predicted octanol–water partition coefficient (Wildman–Crippen LogP) is 5.61. The van der Waals surface area contributed by atoms with Crippen LogP contribution in [-0.2, 0) is 27.6 Å². The molecule has 146 valence electrons. The maximum absolute atomic E-state index is 4.86. The molecule has 0 aliphatic carbocycles. The quantitative estimate of drug-likeness (QED) is 0.277. The van der Waals surface area contributed by atoms with Gasteiger partial charge in [-0.25, -0.2) is 0 Å². The van der Waals surface area contributed by atoms with E-state index in [0.717, 1.165) is 28.5 Å². The number of anilines is 2. The van der Waals surface area contributed by atoms with Gasteiger partial charge >= 0.3 is 21.1 Å². The molecule has 0 amide bonds. The maximum Gasteiger partial charge on any atom is 2.00 e. The first kappa shape index (κ1) is 20.9. The molecule has 0 fully saturated rings.